The highest BCUT2D eigenvalue weighted by Gasteiger charge is 2.12. The van der Waals surface area contributed by atoms with Gasteiger partial charge in [-0.3, -0.25) is 4.79 Å². The van der Waals surface area contributed by atoms with E-state index < -0.39 is 0 Å². The van der Waals surface area contributed by atoms with Crippen LogP contribution in [-0.4, -0.2) is 23.7 Å². The number of aliphatic hydroxyl groups excluding tert-OH is 1. The summed E-state index contributed by atoms with van der Waals surface area (Å²) in [7, 11) is 0. The monoisotopic (exact) mass is 203 g/mol. The van der Waals surface area contributed by atoms with Gasteiger partial charge in [-0.25, -0.2) is 0 Å². The van der Waals surface area contributed by atoms with Gasteiger partial charge in [0.1, 0.15) is 0 Å². The van der Waals surface area contributed by atoms with Crippen molar-refractivity contribution in [1.29, 1.82) is 0 Å². The average molecular weight is 204 g/mol. The van der Waals surface area contributed by atoms with Crippen molar-refractivity contribution in [3.63, 3.8) is 0 Å². The minimum Gasteiger partial charge on any atom is -0.440 e. The fourth-order valence-corrected chi connectivity index (χ4v) is 0.923. The zero-order valence-electron chi connectivity index (χ0n) is 7.08. The Labute approximate surface area is 80.5 Å². The number of carbonyl (C=O) groups excluding carboxylic acids is 1. The van der Waals surface area contributed by atoms with Crippen molar-refractivity contribution >= 4 is 17.5 Å². The predicted octanol–water partition coefficient (Wildman–Crippen LogP) is 1.04. The first-order chi connectivity index (χ1) is 6.13. The Morgan fingerprint density at radius 2 is 2.46 bits per heavy atom. The van der Waals surface area contributed by atoms with Gasteiger partial charge in [-0.15, -0.1) is 0 Å². The lowest BCUT2D eigenvalue weighted by molar-refractivity contribution is 0.0894. The van der Waals surface area contributed by atoms with E-state index in [9.17, 15) is 4.79 Å². The zero-order valence-corrected chi connectivity index (χ0v) is 7.84. The number of aliphatic hydroxyl groups is 1. The van der Waals surface area contributed by atoms with E-state index in [2.05, 4.69) is 5.32 Å². The van der Waals surface area contributed by atoms with Crippen LogP contribution in [0.1, 0.15) is 17.5 Å². The van der Waals surface area contributed by atoms with E-state index >= 15 is 0 Å². The summed E-state index contributed by atoms with van der Waals surface area (Å²) in [6.07, 6.45) is 0. The van der Waals surface area contributed by atoms with Crippen LogP contribution in [0, 0.1) is 0 Å². The Bertz CT molecular complexity index is 297. The first kappa shape index (κ1) is 10.1. The third-order valence-electron chi connectivity index (χ3n) is 1.45. The van der Waals surface area contributed by atoms with Crippen LogP contribution in [0.15, 0.2) is 16.5 Å². The van der Waals surface area contributed by atoms with E-state index in [0.717, 1.165) is 0 Å². The van der Waals surface area contributed by atoms with Crippen LogP contribution in [0.25, 0.3) is 0 Å². The lowest BCUT2D eigenvalue weighted by Crippen LogP contribution is -2.34. The summed E-state index contributed by atoms with van der Waals surface area (Å²) in [6.45, 7) is 1.57. The van der Waals surface area contributed by atoms with Crippen molar-refractivity contribution in [2.45, 2.75) is 13.0 Å². The Balaban J connectivity index is 2.58. The molecule has 0 unspecified atom stereocenters. The largest absolute Gasteiger partial charge is 0.440 e. The van der Waals surface area contributed by atoms with E-state index in [0.29, 0.717) is 0 Å². The molecule has 0 aliphatic rings. The van der Waals surface area contributed by atoms with E-state index in [1.54, 1.807) is 6.92 Å². The summed E-state index contributed by atoms with van der Waals surface area (Å²) >= 11 is 5.48. The molecule has 0 radical (unpaired) electrons. The van der Waals surface area contributed by atoms with Gasteiger partial charge in [0.25, 0.3) is 5.91 Å². The predicted molar refractivity (Wildman–Crippen MR) is 47.7 cm³/mol. The zero-order chi connectivity index (χ0) is 9.84. The number of hydrogen-bond donors (Lipinski definition) is 2. The molecule has 0 aromatic carbocycles. The molecule has 1 heterocycles. The van der Waals surface area contributed by atoms with Crippen LogP contribution in [0.5, 0.6) is 0 Å². The Kier molecular flexibility index (Phi) is 3.33. The molecule has 1 aromatic heterocycles. The van der Waals surface area contributed by atoms with Gasteiger partial charge < -0.3 is 14.8 Å². The summed E-state index contributed by atoms with van der Waals surface area (Å²) in [5.74, 6) is -0.237. The minimum absolute atomic E-state index is 0.111. The number of halogens is 1. The first-order valence-corrected chi connectivity index (χ1v) is 4.18. The molecule has 0 saturated heterocycles. The normalized spacial score (nSPS) is 12.5. The molecule has 13 heavy (non-hydrogen) atoms. The molecule has 0 spiro atoms. The number of amides is 1. The SMILES string of the molecule is C[C@H](CO)NC(=O)c1ccc(Cl)o1. The maximum absolute atomic E-state index is 11.3. The van der Waals surface area contributed by atoms with Crippen LogP contribution in [0.2, 0.25) is 5.22 Å². The van der Waals surface area contributed by atoms with Crippen LogP contribution < -0.4 is 5.32 Å². The lowest BCUT2D eigenvalue weighted by Gasteiger charge is -2.08. The summed E-state index contributed by atoms with van der Waals surface area (Å²) < 4.78 is 4.86. The summed E-state index contributed by atoms with van der Waals surface area (Å²) in [5, 5.41) is 11.4. The molecule has 1 aromatic rings. The van der Waals surface area contributed by atoms with E-state index in [1.165, 1.54) is 12.1 Å². The number of hydrogen-bond acceptors (Lipinski definition) is 3. The molecule has 0 aliphatic carbocycles. The van der Waals surface area contributed by atoms with Gasteiger partial charge >= 0.3 is 0 Å². The quantitative estimate of drug-likeness (QED) is 0.772. The molecular weight excluding hydrogens is 194 g/mol. The summed E-state index contributed by atoms with van der Waals surface area (Å²) in [5.41, 5.74) is 0. The topological polar surface area (TPSA) is 62.5 Å². The minimum atomic E-state index is -0.381. The second-order valence-corrected chi connectivity index (χ2v) is 3.03. The third kappa shape index (κ3) is 2.75. The summed E-state index contributed by atoms with van der Waals surface area (Å²) in [6, 6.07) is 2.67. The number of nitrogens with one attached hydrogen (secondary N) is 1. The number of carbonyl (C=O) groups is 1. The molecule has 72 valence electrons. The second-order valence-electron chi connectivity index (χ2n) is 2.66. The van der Waals surface area contributed by atoms with Gasteiger partial charge in [0.15, 0.2) is 11.0 Å². The average Bonchev–Trinajstić information content (AvgIpc) is 2.51. The second kappa shape index (κ2) is 4.30. The van der Waals surface area contributed by atoms with Crippen molar-refractivity contribution in [1.82, 2.24) is 5.32 Å². The molecule has 4 nitrogen and oxygen atoms in total. The Morgan fingerprint density at radius 3 is 2.92 bits per heavy atom. The molecular formula is C8H10ClNO3. The Morgan fingerprint density at radius 1 is 1.77 bits per heavy atom. The van der Waals surface area contributed by atoms with Crippen molar-refractivity contribution in [2.75, 3.05) is 6.61 Å². The molecule has 0 aliphatic heterocycles. The van der Waals surface area contributed by atoms with E-state index in [-0.39, 0.29) is 29.5 Å². The van der Waals surface area contributed by atoms with Crippen LogP contribution in [0.3, 0.4) is 0 Å². The highest BCUT2D eigenvalue weighted by molar-refractivity contribution is 6.29. The van der Waals surface area contributed by atoms with Gasteiger partial charge in [-0.05, 0) is 30.7 Å². The van der Waals surface area contributed by atoms with Crippen LogP contribution >= 0.6 is 11.6 Å². The van der Waals surface area contributed by atoms with Crippen molar-refractivity contribution < 1.29 is 14.3 Å². The van der Waals surface area contributed by atoms with Gasteiger partial charge in [0, 0.05) is 6.04 Å². The fourth-order valence-electron chi connectivity index (χ4n) is 0.777. The van der Waals surface area contributed by atoms with Crippen molar-refractivity contribution in [3.8, 4) is 0 Å². The Hall–Kier alpha value is -1.00. The van der Waals surface area contributed by atoms with Gasteiger partial charge in [-0.2, -0.15) is 0 Å². The van der Waals surface area contributed by atoms with E-state index in [4.69, 9.17) is 21.1 Å². The fraction of sp³-hybridized carbons (Fsp3) is 0.375. The highest BCUT2D eigenvalue weighted by atomic mass is 35.5. The molecule has 0 fully saturated rings. The molecule has 1 amide bonds. The number of furan rings is 1. The van der Waals surface area contributed by atoms with Crippen LogP contribution in [0.4, 0.5) is 0 Å². The van der Waals surface area contributed by atoms with E-state index in [1.807, 2.05) is 0 Å². The molecule has 5 heteroatoms. The van der Waals surface area contributed by atoms with Crippen molar-refractivity contribution in [3.05, 3.63) is 23.1 Å². The van der Waals surface area contributed by atoms with Gasteiger partial charge in [-0.1, -0.05) is 0 Å². The molecule has 1 rings (SSSR count). The molecule has 1 atom stereocenters. The maximum Gasteiger partial charge on any atom is 0.287 e. The molecule has 2 N–H and O–H groups in total. The standard InChI is InChI=1S/C8H10ClNO3/c1-5(4-11)10-8(12)6-2-3-7(9)13-6/h2-3,5,11H,4H2,1H3,(H,10,12)/t5-/m1/s1. The molecule has 0 bridgehead atoms. The van der Waals surface area contributed by atoms with Gasteiger partial charge in [0.2, 0.25) is 0 Å². The third-order valence-corrected chi connectivity index (χ3v) is 1.65. The van der Waals surface area contributed by atoms with Crippen LogP contribution in [-0.2, 0) is 0 Å². The first-order valence-electron chi connectivity index (χ1n) is 3.80. The number of rotatable bonds is 3. The highest BCUT2D eigenvalue weighted by Crippen LogP contribution is 2.12. The smallest absolute Gasteiger partial charge is 0.287 e. The molecule has 0 saturated carbocycles. The van der Waals surface area contributed by atoms with Crippen molar-refractivity contribution in [2.24, 2.45) is 0 Å². The summed E-state index contributed by atoms with van der Waals surface area (Å²) in [4.78, 5) is 11.3. The van der Waals surface area contributed by atoms with Gasteiger partial charge in [0.05, 0.1) is 6.61 Å². The lowest BCUT2D eigenvalue weighted by atomic mass is 10.3. The maximum atomic E-state index is 11.3.